The molecule has 22 heteroatoms. The van der Waals surface area contributed by atoms with E-state index in [1.807, 2.05) is 0 Å². The normalized spacial score (nSPS) is 26.7. The quantitative estimate of drug-likeness (QED) is 0.101. The Morgan fingerprint density at radius 2 is 1.86 bits per heavy atom. The van der Waals surface area contributed by atoms with Gasteiger partial charge in [0.1, 0.15) is 24.3 Å². The molecule has 4 aromatic heterocycles. The van der Waals surface area contributed by atoms with Crippen LogP contribution in [0.15, 0.2) is 23.8 Å². The van der Waals surface area contributed by atoms with Crippen LogP contribution in [0, 0.1) is 0 Å². The van der Waals surface area contributed by atoms with Crippen molar-refractivity contribution in [1.29, 1.82) is 0 Å². The van der Waals surface area contributed by atoms with E-state index in [0.717, 1.165) is 0 Å². The Balaban J connectivity index is 1.10. The van der Waals surface area contributed by atoms with E-state index in [2.05, 4.69) is 47.2 Å². The molecule has 8 N–H and O–H groups in total. The number of hydrogen-bond acceptors (Lipinski definition) is 14. The number of nitrogens with one attached hydrogen (secondary N) is 2. The second kappa shape index (κ2) is 11.6. The predicted molar refractivity (Wildman–Crippen MR) is 153 cm³/mol. The van der Waals surface area contributed by atoms with Crippen LogP contribution in [0.25, 0.3) is 22.3 Å². The highest BCUT2D eigenvalue weighted by Crippen LogP contribution is 2.50. The lowest BCUT2D eigenvalue weighted by molar-refractivity contribution is -0.0194. The van der Waals surface area contributed by atoms with Crippen LogP contribution in [0.3, 0.4) is 0 Å². The lowest BCUT2D eigenvalue weighted by Gasteiger charge is -2.23. The summed E-state index contributed by atoms with van der Waals surface area (Å²) >= 11 is 4.27. The van der Waals surface area contributed by atoms with Gasteiger partial charge in [-0.3, -0.25) is 33.5 Å². The Morgan fingerprint density at radius 3 is 2.64 bits per heavy atom. The first-order valence-corrected chi connectivity index (χ1v) is 16.9. The van der Waals surface area contributed by atoms with Crippen molar-refractivity contribution in [3.63, 3.8) is 0 Å². The molecular formula is C20H28N12O7P2S. The number of anilines is 2. The first kappa shape index (κ1) is 29.2. The Morgan fingerprint density at radius 1 is 1.10 bits per heavy atom. The molecule has 0 aromatic carbocycles. The topological polar surface area (TPSA) is 268 Å². The summed E-state index contributed by atoms with van der Waals surface area (Å²) in [7, 11) is -2.75. The molecule has 0 bridgehead atoms. The Bertz CT molecular complexity index is 1750. The summed E-state index contributed by atoms with van der Waals surface area (Å²) in [5.74, 6) is 0.182. The fraction of sp³-hybridized carbons (Fsp3) is 0.500. The van der Waals surface area contributed by atoms with Crippen molar-refractivity contribution < 1.29 is 27.7 Å². The second-order valence-electron chi connectivity index (χ2n) is 9.69. The van der Waals surface area contributed by atoms with E-state index in [9.17, 15) is 13.9 Å². The maximum atomic E-state index is 13.4. The summed E-state index contributed by atoms with van der Waals surface area (Å²) < 4.78 is 51.2. The molecule has 4 aromatic rings. The molecule has 0 amide bonds. The molecule has 19 nitrogen and oxygen atoms in total. The molecule has 42 heavy (non-hydrogen) atoms. The van der Waals surface area contributed by atoms with Gasteiger partial charge in [0, 0.05) is 12.5 Å². The summed E-state index contributed by atoms with van der Waals surface area (Å²) in [6.07, 6.45) is 3.50. The van der Waals surface area contributed by atoms with Gasteiger partial charge in [0.15, 0.2) is 22.6 Å². The number of ether oxygens (including phenoxy) is 2. The largest absolute Gasteiger partial charge is 0.382 e. The average Bonchev–Trinajstić information content (AvgIpc) is 3.71. The molecule has 0 radical (unpaired) electrons. The first-order valence-electron chi connectivity index (χ1n) is 12.7. The van der Waals surface area contributed by atoms with Gasteiger partial charge in [-0.15, -0.1) is 0 Å². The molecular weight excluding hydrogens is 614 g/mol. The minimum Gasteiger partial charge on any atom is -0.382 e. The minimum absolute atomic E-state index is 0.0337. The summed E-state index contributed by atoms with van der Waals surface area (Å²) in [6, 6.07) is -0.597. The van der Waals surface area contributed by atoms with Gasteiger partial charge >= 0.3 is 6.72 Å². The van der Waals surface area contributed by atoms with Gasteiger partial charge in [0.05, 0.1) is 38.1 Å². The Labute approximate surface area is 242 Å². The van der Waals surface area contributed by atoms with Crippen molar-refractivity contribution in [2.45, 2.75) is 50.0 Å². The highest BCUT2D eigenvalue weighted by molar-refractivity contribution is 8.45. The molecule has 2 saturated heterocycles. The van der Waals surface area contributed by atoms with Crippen molar-refractivity contribution in [3.8, 4) is 0 Å². The maximum Gasteiger partial charge on any atom is 0.323 e. The lowest BCUT2D eigenvalue weighted by Crippen LogP contribution is -2.36. The molecule has 0 saturated carbocycles. The fourth-order valence-corrected chi connectivity index (χ4v) is 7.14. The Hall–Kier alpha value is -2.93. The summed E-state index contributed by atoms with van der Waals surface area (Å²) in [6.45, 7) is -3.88. The number of nitrogen functional groups attached to an aromatic ring is 2. The molecule has 2 fully saturated rings. The van der Waals surface area contributed by atoms with Crippen LogP contribution in [0.5, 0.6) is 0 Å². The van der Waals surface area contributed by atoms with Gasteiger partial charge in [-0.05, 0) is 12.8 Å². The van der Waals surface area contributed by atoms with Crippen LogP contribution < -0.4 is 27.6 Å². The van der Waals surface area contributed by atoms with Crippen LogP contribution in [-0.4, -0.2) is 70.5 Å². The molecule has 6 rings (SSSR count). The molecule has 0 aliphatic carbocycles. The number of imidazole rings is 2. The van der Waals surface area contributed by atoms with Crippen LogP contribution >= 0.6 is 27.1 Å². The highest BCUT2D eigenvalue weighted by Gasteiger charge is 2.41. The molecule has 2 aliphatic rings. The number of fused-ring (bicyclic) bond motifs is 2. The number of H-pyrrole nitrogens is 1. The minimum atomic E-state index is -3.71. The second-order valence-corrected chi connectivity index (χ2v) is 13.8. The summed E-state index contributed by atoms with van der Waals surface area (Å²) in [5, 5.41) is 2.92. The van der Waals surface area contributed by atoms with E-state index < -0.39 is 51.2 Å². The van der Waals surface area contributed by atoms with Gasteiger partial charge in [-0.25, -0.2) is 25.0 Å². The van der Waals surface area contributed by atoms with Gasteiger partial charge in [0.25, 0.3) is 13.7 Å². The monoisotopic (exact) mass is 642 g/mol. The first-order chi connectivity index (χ1) is 20.1. The SMILES string of the molecule is Nc1nc2c(ncn2[C@H]2CC[C@@H](COP(=O)(S)N[C@H]3C[C@H](n4cnc5c(N)ncnc54)O[C@@H]3CO[PH](N)=O)O2)c(=O)[nH]1. The van der Waals surface area contributed by atoms with Crippen molar-refractivity contribution in [3.05, 3.63) is 29.3 Å². The van der Waals surface area contributed by atoms with E-state index in [-0.39, 0.29) is 36.9 Å². The number of thiol groups is 1. The van der Waals surface area contributed by atoms with E-state index in [0.29, 0.717) is 29.7 Å². The van der Waals surface area contributed by atoms with Gasteiger partial charge in [-0.2, -0.15) is 4.98 Å². The van der Waals surface area contributed by atoms with Crippen molar-refractivity contribution >= 4 is 61.2 Å². The molecule has 7 atom stereocenters. The van der Waals surface area contributed by atoms with E-state index in [4.69, 9.17) is 35.5 Å². The summed E-state index contributed by atoms with van der Waals surface area (Å²) in [4.78, 5) is 35.2. The number of aromatic amines is 1. The van der Waals surface area contributed by atoms with E-state index in [1.54, 1.807) is 9.13 Å². The van der Waals surface area contributed by atoms with Crippen LogP contribution in [-0.2, 0) is 27.7 Å². The molecule has 6 heterocycles. The van der Waals surface area contributed by atoms with Crippen LogP contribution in [0.2, 0.25) is 0 Å². The molecule has 0 spiro atoms. The van der Waals surface area contributed by atoms with Gasteiger partial charge in [-0.1, -0.05) is 12.2 Å². The molecule has 2 unspecified atom stereocenters. The smallest absolute Gasteiger partial charge is 0.323 e. The maximum absolute atomic E-state index is 13.4. The van der Waals surface area contributed by atoms with E-state index >= 15 is 0 Å². The van der Waals surface area contributed by atoms with Crippen molar-refractivity contribution in [2.75, 3.05) is 24.7 Å². The predicted octanol–water partition coefficient (Wildman–Crippen LogP) is 0.467. The van der Waals surface area contributed by atoms with Gasteiger partial charge in [0.2, 0.25) is 5.95 Å². The molecule has 2 aliphatic heterocycles. The number of hydrogen-bond donors (Lipinski definition) is 6. The van der Waals surface area contributed by atoms with Crippen molar-refractivity contribution in [2.24, 2.45) is 5.50 Å². The van der Waals surface area contributed by atoms with E-state index in [1.165, 1.54) is 19.0 Å². The number of rotatable bonds is 10. The fourth-order valence-electron chi connectivity index (χ4n) is 5.04. The van der Waals surface area contributed by atoms with Crippen molar-refractivity contribution in [1.82, 2.24) is 44.1 Å². The van der Waals surface area contributed by atoms with Crippen LogP contribution in [0.4, 0.5) is 11.8 Å². The zero-order valence-corrected chi connectivity index (χ0v) is 24.6. The third kappa shape index (κ3) is 5.95. The average molecular weight is 643 g/mol. The van der Waals surface area contributed by atoms with Crippen LogP contribution in [0.1, 0.15) is 31.7 Å². The zero-order valence-electron chi connectivity index (χ0n) is 21.8. The number of nitrogens with two attached hydrogens (primary N) is 3. The third-order valence-corrected chi connectivity index (χ3v) is 9.23. The Kier molecular flexibility index (Phi) is 8.07. The number of nitrogens with zero attached hydrogens (tertiary/aromatic N) is 7. The number of aromatic nitrogens is 8. The highest BCUT2D eigenvalue weighted by atomic mass is 32.7. The standard InChI is InChI=1S/C20H28N12O7P2S/c21-16-14-17(25-6-24-16)32(7-26-14)13-3-10(11(39-13)5-36-40(23)34)30-41(35,42)37-4-9-1-2-12(38-9)31-8-27-15-18(31)28-20(22)29-19(15)33/h6-13,40H,1-5H2,(H2,23,34)(H2,21,24,25)(H2,30,35,42)(H3,22,28,29,33)/t9-,10-,11+,12+,13+,41?/m0/s1. The summed E-state index contributed by atoms with van der Waals surface area (Å²) in [5.41, 5.74) is 17.8. The lowest BCUT2D eigenvalue weighted by atomic mass is 10.1. The zero-order chi connectivity index (χ0) is 29.6. The third-order valence-electron chi connectivity index (χ3n) is 6.93. The van der Waals surface area contributed by atoms with Gasteiger partial charge < -0.3 is 30.0 Å². The molecule has 226 valence electrons.